The summed E-state index contributed by atoms with van der Waals surface area (Å²) in [5.74, 6) is 1.53. The monoisotopic (exact) mass is 351 g/mol. The van der Waals surface area contributed by atoms with Crippen molar-refractivity contribution in [3.8, 4) is 5.75 Å². The van der Waals surface area contributed by atoms with Crippen molar-refractivity contribution in [2.75, 3.05) is 25.2 Å². The molecule has 0 aromatic heterocycles. The largest absolute Gasteiger partial charge is 0.497 e. The third-order valence-electron chi connectivity index (χ3n) is 4.31. The summed E-state index contributed by atoms with van der Waals surface area (Å²) in [5, 5.41) is 2.86. The van der Waals surface area contributed by atoms with E-state index in [-0.39, 0.29) is 11.8 Å². The number of benzene rings is 1. The van der Waals surface area contributed by atoms with E-state index in [1.165, 1.54) is 0 Å². The first kappa shape index (κ1) is 18.5. The predicted octanol–water partition coefficient (Wildman–Crippen LogP) is 2.43. The van der Waals surface area contributed by atoms with E-state index in [0.29, 0.717) is 18.1 Å². The normalized spacial score (nSPS) is 19.9. The van der Waals surface area contributed by atoms with Crippen LogP contribution < -0.4 is 10.1 Å². The molecule has 1 aromatic rings. The van der Waals surface area contributed by atoms with Gasteiger partial charge in [0.25, 0.3) is 0 Å². The zero-order valence-corrected chi connectivity index (χ0v) is 15.1. The van der Waals surface area contributed by atoms with Crippen LogP contribution in [0.4, 0.5) is 0 Å². The van der Waals surface area contributed by atoms with Crippen molar-refractivity contribution in [1.29, 1.82) is 0 Å². The Bertz CT molecular complexity index is 692. The summed E-state index contributed by atoms with van der Waals surface area (Å²) in [6.45, 7) is 2.46. The van der Waals surface area contributed by atoms with E-state index >= 15 is 0 Å². The lowest BCUT2D eigenvalue weighted by atomic mass is 10.0. The first-order chi connectivity index (χ1) is 11.4. The van der Waals surface area contributed by atoms with Crippen molar-refractivity contribution in [3.05, 3.63) is 35.9 Å². The van der Waals surface area contributed by atoms with Crippen molar-refractivity contribution < 1.29 is 17.9 Å². The van der Waals surface area contributed by atoms with E-state index in [9.17, 15) is 13.2 Å². The number of amides is 1. The minimum absolute atomic E-state index is 0.123. The summed E-state index contributed by atoms with van der Waals surface area (Å²) in [4.78, 5) is 11.9. The molecule has 1 saturated heterocycles. The van der Waals surface area contributed by atoms with Gasteiger partial charge in [0, 0.05) is 12.6 Å². The van der Waals surface area contributed by atoms with E-state index in [0.717, 1.165) is 36.1 Å². The summed E-state index contributed by atoms with van der Waals surface area (Å²) in [6.07, 6.45) is 4.00. The van der Waals surface area contributed by atoms with Crippen molar-refractivity contribution in [2.24, 2.45) is 5.92 Å². The number of nitrogens with one attached hydrogen (secondary N) is 1. The van der Waals surface area contributed by atoms with Gasteiger partial charge in [-0.2, -0.15) is 0 Å². The van der Waals surface area contributed by atoms with Crippen LogP contribution in [0.25, 0.3) is 5.57 Å². The fourth-order valence-corrected chi connectivity index (χ4v) is 4.80. The molecule has 24 heavy (non-hydrogen) atoms. The molecule has 1 aromatic carbocycles. The summed E-state index contributed by atoms with van der Waals surface area (Å²) in [5.41, 5.74) is 1.86. The van der Waals surface area contributed by atoms with Crippen molar-refractivity contribution in [1.82, 2.24) is 5.32 Å². The maximum Gasteiger partial charge on any atom is 0.244 e. The molecule has 2 rings (SSSR count). The van der Waals surface area contributed by atoms with Crippen LogP contribution in [0.5, 0.6) is 5.75 Å². The SMILES string of the molecule is COc1ccc(/C(C)=C/C(=O)NCCCC2CCS(=O)(=O)C2)cc1. The van der Waals surface area contributed by atoms with Crippen LogP contribution in [-0.4, -0.2) is 39.5 Å². The average Bonchev–Trinajstić information content (AvgIpc) is 2.90. The Morgan fingerprint density at radius 1 is 1.33 bits per heavy atom. The van der Waals surface area contributed by atoms with Crippen LogP contribution in [0, 0.1) is 5.92 Å². The second-order valence-corrected chi connectivity index (χ2v) is 8.49. The highest BCUT2D eigenvalue weighted by molar-refractivity contribution is 7.91. The number of hydrogen-bond acceptors (Lipinski definition) is 4. The molecule has 1 heterocycles. The Morgan fingerprint density at radius 2 is 2.04 bits per heavy atom. The van der Waals surface area contributed by atoms with E-state index < -0.39 is 9.84 Å². The molecule has 1 fully saturated rings. The number of methoxy groups -OCH3 is 1. The minimum Gasteiger partial charge on any atom is -0.497 e. The molecule has 5 nitrogen and oxygen atoms in total. The molecule has 1 N–H and O–H groups in total. The molecule has 1 unspecified atom stereocenters. The lowest BCUT2D eigenvalue weighted by molar-refractivity contribution is -0.116. The highest BCUT2D eigenvalue weighted by Crippen LogP contribution is 2.22. The molecular weight excluding hydrogens is 326 g/mol. The van der Waals surface area contributed by atoms with Gasteiger partial charge in [0.2, 0.25) is 5.91 Å². The van der Waals surface area contributed by atoms with Gasteiger partial charge in [0.15, 0.2) is 9.84 Å². The molecule has 0 spiro atoms. The molecule has 0 aliphatic carbocycles. The molecule has 0 saturated carbocycles. The van der Waals surface area contributed by atoms with Gasteiger partial charge in [0.1, 0.15) is 5.75 Å². The Balaban J connectivity index is 1.73. The molecule has 1 aliphatic rings. The van der Waals surface area contributed by atoms with E-state index in [2.05, 4.69) is 5.32 Å². The van der Waals surface area contributed by atoms with Crippen LogP contribution >= 0.6 is 0 Å². The smallest absolute Gasteiger partial charge is 0.244 e. The Morgan fingerprint density at radius 3 is 2.62 bits per heavy atom. The lowest BCUT2D eigenvalue weighted by Gasteiger charge is -2.08. The third kappa shape index (κ3) is 5.67. The summed E-state index contributed by atoms with van der Waals surface area (Å²) < 4.78 is 27.9. The minimum atomic E-state index is -2.81. The number of hydrogen-bond donors (Lipinski definition) is 1. The fraction of sp³-hybridized carbons (Fsp3) is 0.500. The molecular formula is C18H25NO4S. The Hall–Kier alpha value is -1.82. The number of allylic oxidation sites excluding steroid dienone is 1. The lowest BCUT2D eigenvalue weighted by Crippen LogP contribution is -2.23. The van der Waals surface area contributed by atoms with Gasteiger partial charge in [-0.25, -0.2) is 8.42 Å². The molecule has 132 valence electrons. The van der Waals surface area contributed by atoms with Gasteiger partial charge in [0.05, 0.1) is 18.6 Å². The van der Waals surface area contributed by atoms with Gasteiger partial charge in [-0.1, -0.05) is 12.1 Å². The van der Waals surface area contributed by atoms with Crippen LogP contribution in [0.3, 0.4) is 0 Å². The van der Waals surface area contributed by atoms with Crippen molar-refractivity contribution >= 4 is 21.3 Å². The van der Waals surface area contributed by atoms with Gasteiger partial charge in [-0.3, -0.25) is 4.79 Å². The van der Waals surface area contributed by atoms with Crippen LogP contribution in [0.1, 0.15) is 31.7 Å². The molecule has 0 bridgehead atoms. The first-order valence-electron chi connectivity index (χ1n) is 8.20. The third-order valence-corrected chi connectivity index (χ3v) is 6.15. The van der Waals surface area contributed by atoms with Gasteiger partial charge >= 0.3 is 0 Å². The second-order valence-electron chi connectivity index (χ2n) is 6.26. The molecule has 1 aliphatic heterocycles. The zero-order valence-electron chi connectivity index (χ0n) is 14.2. The summed E-state index contributed by atoms with van der Waals surface area (Å²) in [6, 6.07) is 7.55. The summed E-state index contributed by atoms with van der Waals surface area (Å²) >= 11 is 0. The van der Waals surface area contributed by atoms with E-state index in [4.69, 9.17) is 4.74 Å². The topological polar surface area (TPSA) is 72.5 Å². The first-order valence-corrected chi connectivity index (χ1v) is 10.0. The zero-order chi connectivity index (χ0) is 17.6. The number of ether oxygens (including phenoxy) is 1. The molecule has 6 heteroatoms. The molecule has 0 radical (unpaired) electrons. The van der Waals surface area contributed by atoms with Crippen LogP contribution in [-0.2, 0) is 14.6 Å². The maximum absolute atomic E-state index is 11.9. The Labute approximate surface area is 144 Å². The highest BCUT2D eigenvalue weighted by atomic mass is 32.2. The number of carbonyl (C=O) groups excluding carboxylic acids is 1. The van der Waals surface area contributed by atoms with Gasteiger partial charge < -0.3 is 10.1 Å². The second kappa shape index (κ2) is 8.33. The molecule has 1 amide bonds. The standard InChI is InChI=1S/C18H25NO4S/c1-14(16-5-7-17(23-2)8-6-16)12-18(20)19-10-3-4-15-9-11-24(21,22)13-15/h5-8,12,15H,3-4,9-11,13H2,1-2H3,(H,19,20)/b14-12+. The maximum atomic E-state index is 11.9. The molecule has 1 atom stereocenters. The number of rotatable bonds is 7. The van der Waals surface area contributed by atoms with Crippen molar-refractivity contribution in [3.63, 3.8) is 0 Å². The van der Waals surface area contributed by atoms with Gasteiger partial charge in [-0.15, -0.1) is 0 Å². The van der Waals surface area contributed by atoms with Crippen LogP contribution in [0.2, 0.25) is 0 Å². The number of sulfone groups is 1. The predicted molar refractivity (Wildman–Crippen MR) is 95.6 cm³/mol. The number of carbonyl (C=O) groups is 1. The fourth-order valence-electron chi connectivity index (χ4n) is 2.89. The van der Waals surface area contributed by atoms with Gasteiger partial charge in [-0.05, 0) is 55.4 Å². The highest BCUT2D eigenvalue weighted by Gasteiger charge is 2.27. The van der Waals surface area contributed by atoms with Crippen LogP contribution in [0.15, 0.2) is 30.3 Å². The van der Waals surface area contributed by atoms with E-state index in [1.807, 2.05) is 31.2 Å². The van der Waals surface area contributed by atoms with Crippen molar-refractivity contribution in [2.45, 2.75) is 26.2 Å². The average molecular weight is 351 g/mol. The summed E-state index contributed by atoms with van der Waals surface area (Å²) in [7, 11) is -1.19. The van der Waals surface area contributed by atoms with E-state index in [1.54, 1.807) is 13.2 Å². The quantitative estimate of drug-likeness (QED) is 0.605. The Kier molecular flexibility index (Phi) is 6.43.